The minimum atomic E-state index is 0.405. The van der Waals surface area contributed by atoms with E-state index in [1.807, 2.05) is 0 Å². The summed E-state index contributed by atoms with van der Waals surface area (Å²) >= 11 is 12.3. The third-order valence-electron chi connectivity index (χ3n) is 3.05. The largest absolute Gasteiger partial charge is 0.399 e. The minimum Gasteiger partial charge on any atom is -0.399 e. The average molecular weight is 314 g/mol. The van der Waals surface area contributed by atoms with Gasteiger partial charge in [0.2, 0.25) is 0 Å². The summed E-state index contributed by atoms with van der Waals surface area (Å²) in [6.45, 7) is 2.93. The first-order valence-electron chi connectivity index (χ1n) is 6.64. The summed E-state index contributed by atoms with van der Waals surface area (Å²) in [4.78, 5) is 0. The summed E-state index contributed by atoms with van der Waals surface area (Å²) in [6, 6.07) is 3.35. The highest BCUT2D eigenvalue weighted by atomic mass is 35.5. The molecule has 2 aromatic rings. The number of nitrogens with two attached hydrogens (primary N) is 1. The Morgan fingerprint density at radius 1 is 1.20 bits per heavy atom. The van der Waals surface area contributed by atoms with Gasteiger partial charge in [0.15, 0.2) is 5.82 Å². The molecule has 0 amide bonds. The van der Waals surface area contributed by atoms with Crippen molar-refractivity contribution in [3.05, 3.63) is 22.2 Å². The molecule has 20 heavy (non-hydrogen) atoms. The van der Waals surface area contributed by atoms with Gasteiger partial charge in [0, 0.05) is 17.8 Å². The normalized spacial score (nSPS) is 10.9. The van der Waals surface area contributed by atoms with Gasteiger partial charge in [0.05, 0.1) is 10.0 Å². The van der Waals surface area contributed by atoms with Crippen LogP contribution in [-0.4, -0.2) is 20.2 Å². The number of hydrogen-bond acceptors (Lipinski definition) is 4. The summed E-state index contributed by atoms with van der Waals surface area (Å²) in [7, 11) is 0. The number of nitrogens with zero attached hydrogens (tertiary/aromatic N) is 4. The highest BCUT2D eigenvalue weighted by molar-refractivity contribution is 6.43. The third-order valence-corrected chi connectivity index (χ3v) is 3.85. The molecule has 2 rings (SSSR count). The minimum absolute atomic E-state index is 0.405. The topological polar surface area (TPSA) is 69.6 Å². The number of unbranched alkanes of at least 4 members (excludes halogenated alkanes) is 3. The Bertz CT molecular complexity index is 582. The number of anilines is 1. The zero-order valence-corrected chi connectivity index (χ0v) is 12.8. The molecule has 108 valence electrons. The van der Waals surface area contributed by atoms with Crippen molar-refractivity contribution in [2.75, 3.05) is 5.73 Å². The molecule has 1 heterocycles. The first kappa shape index (κ1) is 15.1. The Labute approximate surface area is 128 Å². The van der Waals surface area contributed by atoms with Gasteiger partial charge in [-0.1, -0.05) is 49.4 Å². The molecular weight excluding hydrogens is 297 g/mol. The molecule has 5 nitrogen and oxygen atoms in total. The fraction of sp³-hybridized carbons (Fsp3) is 0.462. The summed E-state index contributed by atoms with van der Waals surface area (Å²) in [6.07, 6.45) is 4.59. The van der Waals surface area contributed by atoms with E-state index in [4.69, 9.17) is 28.9 Å². The van der Waals surface area contributed by atoms with Crippen molar-refractivity contribution in [3.8, 4) is 11.4 Å². The second-order valence-electron chi connectivity index (χ2n) is 4.65. The number of hydrogen-bond donors (Lipinski definition) is 1. The van der Waals surface area contributed by atoms with Crippen LogP contribution in [0.3, 0.4) is 0 Å². The lowest BCUT2D eigenvalue weighted by Crippen LogP contribution is -2.04. The van der Waals surface area contributed by atoms with Crippen LogP contribution in [0.25, 0.3) is 11.4 Å². The maximum absolute atomic E-state index is 6.22. The van der Waals surface area contributed by atoms with E-state index in [2.05, 4.69) is 22.4 Å². The SMILES string of the molecule is CCCCCCn1nnnc1-c1cc(N)cc(Cl)c1Cl. The second-order valence-corrected chi connectivity index (χ2v) is 5.44. The lowest BCUT2D eigenvalue weighted by atomic mass is 10.1. The van der Waals surface area contributed by atoms with Gasteiger partial charge in [-0.3, -0.25) is 0 Å². The zero-order valence-electron chi connectivity index (χ0n) is 11.3. The maximum atomic E-state index is 6.22. The van der Waals surface area contributed by atoms with Crippen LogP contribution in [0.5, 0.6) is 0 Å². The first-order valence-corrected chi connectivity index (χ1v) is 7.40. The fourth-order valence-electron chi connectivity index (χ4n) is 2.01. The number of aryl methyl sites for hydroxylation is 1. The molecule has 0 saturated carbocycles. The highest BCUT2D eigenvalue weighted by Gasteiger charge is 2.15. The van der Waals surface area contributed by atoms with Crippen LogP contribution in [0, 0.1) is 0 Å². The van der Waals surface area contributed by atoms with E-state index >= 15 is 0 Å². The van der Waals surface area contributed by atoms with Crippen LogP contribution in [0.2, 0.25) is 10.0 Å². The van der Waals surface area contributed by atoms with Crippen molar-refractivity contribution in [2.24, 2.45) is 0 Å². The van der Waals surface area contributed by atoms with E-state index in [-0.39, 0.29) is 0 Å². The Morgan fingerprint density at radius 3 is 2.75 bits per heavy atom. The number of nitrogen functional groups attached to an aromatic ring is 1. The molecule has 7 heteroatoms. The van der Waals surface area contributed by atoms with Gasteiger partial charge in [0.1, 0.15) is 0 Å². The maximum Gasteiger partial charge on any atom is 0.183 e. The molecule has 0 saturated heterocycles. The number of rotatable bonds is 6. The molecule has 1 aromatic carbocycles. The fourth-order valence-corrected chi connectivity index (χ4v) is 2.43. The van der Waals surface area contributed by atoms with Gasteiger partial charge < -0.3 is 5.73 Å². The van der Waals surface area contributed by atoms with Crippen molar-refractivity contribution in [2.45, 2.75) is 39.2 Å². The molecule has 0 aliphatic heterocycles. The van der Waals surface area contributed by atoms with Gasteiger partial charge in [-0.05, 0) is 29.0 Å². The Hall–Kier alpha value is -1.33. The van der Waals surface area contributed by atoms with Crippen LogP contribution in [0.15, 0.2) is 12.1 Å². The van der Waals surface area contributed by atoms with Crippen molar-refractivity contribution >= 4 is 28.9 Å². The van der Waals surface area contributed by atoms with Crippen LogP contribution in [0.4, 0.5) is 5.69 Å². The molecule has 0 bridgehead atoms. The van der Waals surface area contributed by atoms with Crippen molar-refractivity contribution in [3.63, 3.8) is 0 Å². The smallest absolute Gasteiger partial charge is 0.183 e. The molecule has 0 aliphatic carbocycles. The van der Waals surface area contributed by atoms with Gasteiger partial charge in [0.25, 0.3) is 0 Å². The summed E-state index contributed by atoms with van der Waals surface area (Å²) in [5.41, 5.74) is 7.00. The monoisotopic (exact) mass is 313 g/mol. The van der Waals surface area contributed by atoms with Crippen LogP contribution >= 0.6 is 23.2 Å². The molecule has 0 radical (unpaired) electrons. The average Bonchev–Trinajstić information content (AvgIpc) is 2.87. The summed E-state index contributed by atoms with van der Waals surface area (Å²) in [5.74, 6) is 0.598. The van der Waals surface area contributed by atoms with Gasteiger partial charge >= 0.3 is 0 Å². The van der Waals surface area contributed by atoms with E-state index < -0.39 is 0 Å². The number of tetrazole rings is 1. The predicted octanol–water partition coefficient (Wildman–Crippen LogP) is 3.81. The number of halogens is 2. The lowest BCUT2D eigenvalue weighted by Gasteiger charge is -2.08. The molecule has 0 unspecified atom stereocenters. The Morgan fingerprint density at radius 2 is 2.00 bits per heavy atom. The number of aromatic nitrogens is 4. The van der Waals surface area contributed by atoms with Crippen LogP contribution in [0.1, 0.15) is 32.6 Å². The molecule has 0 atom stereocenters. The zero-order chi connectivity index (χ0) is 14.5. The number of benzene rings is 1. The third kappa shape index (κ3) is 3.41. The molecule has 0 spiro atoms. The van der Waals surface area contributed by atoms with Crippen LogP contribution < -0.4 is 5.73 Å². The van der Waals surface area contributed by atoms with E-state index in [1.54, 1.807) is 16.8 Å². The van der Waals surface area contributed by atoms with E-state index in [0.717, 1.165) is 19.4 Å². The van der Waals surface area contributed by atoms with E-state index in [0.29, 0.717) is 27.1 Å². The summed E-state index contributed by atoms with van der Waals surface area (Å²) in [5, 5.41) is 12.6. The highest BCUT2D eigenvalue weighted by Crippen LogP contribution is 2.34. The molecule has 0 aliphatic rings. The molecule has 2 N–H and O–H groups in total. The van der Waals surface area contributed by atoms with Crippen molar-refractivity contribution < 1.29 is 0 Å². The first-order chi connectivity index (χ1) is 9.63. The predicted molar refractivity (Wildman–Crippen MR) is 81.8 cm³/mol. The Balaban J connectivity index is 2.23. The van der Waals surface area contributed by atoms with Gasteiger partial charge in [-0.15, -0.1) is 5.10 Å². The molecular formula is C13H17Cl2N5. The van der Waals surface area contributed by atoms with Crippen molar-refractivity contribution in [1.29, 1.82) is 0 Å². The molecule has 0 fully saturated rings. The van der Waals surface area contributed by atoms with Gasteiger partial charge in [-0.25, -0.2) is 4.68 Å². The standard InChI is InChI=1S/C13H17Cl2N5/c1-2-3-4-5-6-20-13(17-18-19-20)10-7-9(16)8-11(14)12(10)15/h7-8H,2-6,16H2,1H3. The second kappa shape index (κ2) is 6.90. The van der Waals surface area contributed by atoms with Gasteiger partial charge in [-0.2, -0.15) is 0 Å². The Kier molecular flexibility index (Phi) is 5.20. The van der Waals surface area contributed by atoms with E-state index in [9.17, 15) is 0 Å². The van der Waals surface area contributed by atoms with Crippen molar-refractivity contribution in [1.82, 2.24) is 20.2 Å². The quantitative estimate of drug-likeness (QED) is 0.650. The lowest BCUT2D eigenvalue weighted by molar-refractivity contribution is 0.531. The summed E-state index contributed by atoms with van der Waals surface area (Å²) < 4.78 is 1.74. The van der Waals surface area contributed by atoms with Crippen LogP contribution in [-0.2, 0) is 6.54 Å². The van der Waals surface area contributed by atoms with E-state index in [1.165, 1.54) is 12.8 Å². The molecule has 1 aromatic heterocycles.